The molecule has 0 spiro atoms. The minimum absolute atomic E-state index is 0.000717. The topological polar surface area (TPSA) is 45.2 Å². The molecule has 1 heterocycles. The lowest BCUT2D eigenvalue weighted by Gasteiger charge is -2.10. The number of aromatic nitrogens is 1. The fourth-order valence-corrected chi connectivity index (χ4v) is 1.27. The summed E-state index contributed by atoms with van der Waals surface area (Å²) in [5, 5.41) is 12.8. The highest BCUT2D eigenvalue weighted by Crippen LogP contribution is 2.11. The van der Waals surface area contributed by atoms with Crippen LogP contribution in [0.5, 0.6) is 0 Å². The molecule has 14 heavy (non-hydrogen) atoms. The van der Waals surface area contributed by atoms with E-state index in [-0.39, 0.29) is 6.61 Å². The number of rotatable bonds is 4. The number of hydrogen-bond acceptors (Lipinski definition) is 3. The summed E-state index contributed by atoms with van der Waals surface area (Å²) in [6, 6.07) is 3.88. The first-order chi connectivity index (χ1) is 6.63. The number of nitrogens with zero attached hydrogens (tertiary/aromatic N) is 1. The quantitative estimate of drug-likeness (QED) is 0.751. The molecular weight excluding hydrogens is 200 g/mol. The van der Waals surface area contributed by atoms with Crippen LogP contribution in [0.3, 0.4) is 0 Å². The van der Waals surface area contributed by atoms with Crippen molar-refractivity contribution in [3.05, 3.63) is 28.5 Å². The zero-order chi connectivity index (χ0) is 10.6. The number of aliphatic hydroxyl groups is 1. The molecule has 0 bridgehead atoms. The maximum Gasteiger partial charge on any atom is 0.129 e. The van der Waals surface area contributed by atoms with Gasteiger partial charge in [0.05, 0.1) is 12.3 Å². The molecule has 0 aromatic carbocycles. The number of halogens is 1. The van der Waals surface area contributed by atoms with Crippen molar-refractivity contribution < 1.29 is 5.11 Å². The van der Waals surface area contributed by atoms with E-state index in [1.807, 2.05) is 0 Å². The Bertz CT molecular complexity index is 302. The Labute approximate surface area is 89.1 Å². The van der Waals surface area contributed by atoms with E-state index in [0.717, 1.165) is 11.3 Å². The van der Waals surface area contributed by atoms with Gasteiger partial charge in [-0.2, -0.15) is 0 Å². The van der Waals surface area contributed by atoms with Gasteiger partial charge in [0.25, 0.3) is 0 Å². The summed E-state index contributed by atoms with van der Waals surface area (Å²) in [4.78, 5) is 4.16. The van der Waals surface area contributed by atoms with Gasteiger partial charge in [-0.05, 0) is 6.07 Å². The van der Waals surface area contributed by atoms with E-state index in [1.165, 1.54) is 0 Å². The van der Waals surface area contributed by atoms with E-state index < -0.39 is 0 Å². The van der Waals surface area contributed by atoms with E-state index in [9.17, 15) is 0 Å². The lowest BCUT2D eigenvalue weighted by molar-refractivity contribution is 0.279. The van der Waals surface area contributed by atoms with E-state index in [1.54, 1.807) is 12.1 Å². The van der Waals surface area contributed by atoms with Gasteiger partial charge in [0.1, 0.15) is 5.15 Å². The van der Waals surface area contributed by atoms with E-state index >= 15 is 0 Å². The van der Waals surface area contributed by atoms with Crippen molar-refractivity contribution in [2.24, 2.45) is 0 Å². The monoisotopic (exact) mass is 214 g/mol. The molecule has 78 valence electrons. The Balaban J connectivity index is 2.77. The van der Waals surface area contributed by atoms with E-state index in [2.05, 4.69) is 24.1 Å². The first kappa shape index (κ1) is 11.4. The van der Waals surface area contributed by atoms with Crippen molar-refractivity contribution in [1.29, 1.82) is 0 Å². The molecule has 0 unspecified atom stereocenters. The molecule has 1 rings (SSSR count). The third-order valence-corrected chi connectivity index (χ3v) is 2.09. The number of hydrogen-bond donors (Lipinski definition) is 2. The molecular formula is C10H15ClN2O. The van der Waals surface area contributed by atoms with Crippen molar-refractivity contribution >= 4 is 11.6 Å². The fourth-order valence-electron chi connectivity index (χ4n) is 1.10. The van der Waals surface area contributed by atoms with Gasteiger partial charge in [-0.15, -0.1) is 0 Å². The van der Waals surface area contributed by atoms with Crippen molar-refractivity contribution in [2.75, 3.05) is 0 Å². The van der Waals surface area contributed by atoms with Gasteiger partial charge >= 0.3 is 0 Å². The van der Waals surface area contributed by atoms with E-state index in [4.69, 9.17) is 16.7 Å². The first-order valence-electron chi connectivity index (χ1n) is 4.62. The molecule has 0 saturated carbocycles. The zero-order valence-electron chi connectivity index (χ0n) is 8.42. The van der Waals surface area contributed by atoms with Crippen LogP contribution in [0.15, 0.2) is 12.1 Å². The lowest BCUT2D eigenvalue weighted by atomic mass is 10.2. The van der Waals surface area contributed by atoms with Gasteiger partial charge < -0.3 is 10.4 Å². The number of aliphatic hydroxyl groups excluding tert-OH is 1. The summed E-state index contributed by atoms with van der Waals surface area (Å²) < 4.78 is 0. The molecule has 0 amide bonds. The van der Waals surface area contributed by atoms with Gasteiger partial charge in [0.15, 0.2) is 0 Å². The van der Waals surface area contributed by atoms with Crippen molar-refractivity contribution in [3.63, 3.8) is 0 Å². The van der Waals surface area contributed by atoms with Crippen LogP contribution in [0, 0.1) is 0 Å². The summed E-state index contributed by atoms with van der Waals surface area (Å²) in [6.07, 6.45) is 0. The highest BCUT2D eigenvalue weighted by atomic mass is 35.5. The lowest BCUT2D eigenvalue weighted by Crippen LogP contribution is -2.23. The third kappa shape index (κ3) is 3.25. The summed E-state index contributed by atoms with van der Waals surface area (Å²) in [5.74, 6) is 0. The summed E-state index contributed by atoms with van der Waals surface area (Å²) in [7, 11) is 0. The predicted octanol–water partition coefficient (Wildman–Crippen LogP) is 1.73. The van der Waals surface area contributed by atoms with Gasteiger partial charge in [-0.3, -0.25) is 0 Å². The molecule has 1 aromatic heterocycles. The Morgan fingerprint density at radius 3 is 2.79 bits per heavy atom. The smallest absolute Gasteiger partial charge is 0.129 e. The van der Waals surface area contributed by atoms with Crippen molar-refractivity contribution in [1.82, 2.24) is 10.3 Å². The van der Waals surface area contributed by atoms with Crippen LogP contribution < -0.4 is 5.32 Å². The Hall–Kier alpha value is -0.640. The maximum atomic E-state index is 9.06. The van der Waals surface area contributed by atoms with Gasteiger partial charge in [0.2, 0.25) is 0 Å². The SMILES string of the molecule is CC(C)NCc1nc(Cl)ccc1CO. The second-order valence-electron chi connectivity index (χ2n) is 3.43. The molecule has 0 aliphatic carbocycles. The minimum atomic E-state index is -0.000717. The second kappa shape index (κ2) is 5.29. The standard InChI is InChI=1S/C10H15ClN2O/c1-7(2)12-5-9-8(6-14)3-4-10(11)13-9/h3-4,7,12,14H,5-6H2,1-2H3. The van der Waals surface area contributed by atoms with Crippen LogP contribution in [0.25, 0.3) is 0 Å². The van der Waals surface area contributed by atoms with Gasteiger partial charge in [-0.25, -0.2) is 4.98 Å². The highest BCUT2D eigenvalue weighted by Gasteiger charge is 2.04. The Morgan fingerprint density at radius 1 is 1.50 bits per heavy atom. The number of nitrogens with one attached hydrogen (secondary N) is 1. The van der Waals surface area contributed by atoms with E-state index in [0.29, 0.717) is 17.7 Å². The first-order valence-corrected chi connectivity index (χ1v) is 5.00. The molecule has 0 aliphatic heterocycles. The molecule has 0 atom stereocenters. The summed E-state index contributed by atoms with van der Waals surface area (Å²) in [5.41, 5.74) is 1.64. The average molecular weight is 215 g/mol. The molecule has 4 heteroatoms. The fraction of sp³-hybridized carbons (Fsp3) is 0.500. The zero-order valence-corrected chi connectivity index (χ0v) is 9.17. The molecule has 2 N–H and O–H groups in total. The van der Waals surface area contributed by atoms with Crippen LogP contribution in [0.2, 0.25) is 5.15 Å². The Kier molecular flexibility index (Phi) is 4.32. The summed E-state index contributed by atoms with van der Waals surface area (Å²) >= 11 is 5.77. The summed E-state index contributed by atoms with van der Waals surface area (Å²) in [6.45, 7) is 4.75. The maximum absolute atomic E-state index is 9.06. The molecule has 0 aliphatic rings. The van der Waals surface area contributed by atoms with Crippen LogP contribution >= 0.6 is 11.6 Å². The predicted molar refractivity (Wildman–Crippen MR) is 57.1 cm³/mol. The molecule has 0 radical (unpaired) electrons. The largest absolute Gasteiger partial charge is 0.392 e. The third-order valence-electron chi connectivity index (χ3n) is 1.88. The molecule has 0 fully saturated rings. The molecule has 1 aromatic rings. The van der Waals surface area contributed by atoms with Crippen LogP contribution in [0.1, 0.15) is 25.1 Å². The van der Waals surface area contributed by atoms with Crippen molar-refractivity contribution in [2.45, 2.75) is 33.0 Å². The highest BCUT2D eigenvalue weighted by molar-refractivity contribution is 6.29. The van der Waals surface area contributed by atoms with Crippen LogP contribution in [0.4, 0.5) is 0 Å². The average Bonchev–Trinajstić information content (AvgIpc) is 2.15. The normalized spacial score (nSPS) is 10.9. The number of pyridine rings is 1. The van der Waals surface area contributed by atoms with Crippen LogP contribution in [-0.4, -0.2) is 16.1 Å². The molecule has 0 saturated heterocycles. The second-order valence-corrected chi connectivity index (χ2v) is 3.82. The minimum Gasteiger partial charge on any atom is -0.392 e. The molecule has 3 nitrogen and oxygen atoms in total. The Morgan fingerprint density at radius 2 is 2.21 bits per heavy atom. The van der Waals surface area contributed by atoms with Crippen LogP contribution in [-0.2, 0) is 13.2 Å². The van der Waals surface area contributed by atoms with Crippen molar-refractivity contribution in [3.8, 4) is 0 Å². The van der Waals surface area contributed by atoms with Gasteiger partial charge in [-0.1, -0.05) is 31.5 Å². The van der Waals surface area contributed by atoms with Gasteiger partial charge in [0, 0.05) is 18.2 Å².